The maximum atomic E-state index is 5.39. The summed E-state index contributed by atoms with van der Waals surface area (Å²) in [5.74, 6) is 1.75. The Bertz CT molecular complexity index is 411. The minimum Gasteiger partial charge on any atom is -0.496 e. The van der Waals surface area contributed by atoms with Crippen molar-refractivity contribution in [3.05, 3.63) is 28.2 Å². The highest BCUT2D eigenvalue weighted by Crippen LogP contribution is 2.23. The van der Waals surface area contributed by atoms with Gasteiger partial charge in [-0.3, -0.25) is 0 Å². The molecule has 0 radical (unpaired) electrons. The molecule has 1 saturated heterocycles. The summed E-state index contributed by atoms with van der Waals surface area (Å²) < 4.78 is 6.49. The van der Waals surface area contributed by atoms with Crippen LogP contribution in [-0.2, 0) is 6.54 Å². The summed E-state index contributed by atoms with van der Waals surface area (Å²) in [6.07, 6.45) is 1.32. The molecular formula is C15H23BrN2O. The minimum absolute atomic E-state index is 0.790. The van der Waals surface area contributed by atoms with Crippen LogP contribution in [0.5, 0.6) is 5.75 Å². The van der Waals surface area contributed by atoms with Gasteiger partial charge in [-0.05, 0) is 50.2 Å². The summed E-state index contributed by atoms with van der Waals surface area (Å²) in [6.45, 7) is 7.86. The van der Waals surface area contributed by atoms with E-state index in [-0.39, 0.29) is 0 Å². The largest absolute Gasteiger partial charge is 0.496 e. The first kappa shape index (κ1) is 14.8. The van der Waals surface area contributed by atoms with Crippen LogP contribution in [0.3, 0.4) is 0 Å². The van der Waals surface area contributed by atoms with Gasteiger partial charge in [0.15, 0.2) is 0 Å². The van der Waals surface area contributed by atoms with Crippen molar-refractivity contribution in [2.24, 2.45) is 5.92 Å². The molecule has 1 fully saturated rings. The van der Waals surface area contributed by atoms with Crippen LogP contribution in [0.15, 0.2) is 22.7 Å². The van der Waals surface area contributed by atoms with E-state index in [9.17, 15) is 0 Å². The molecule has 0 spiro atoms. The normalized spacial score (nSPS) is 19.8. The van der Waals surface area contributed by atoms with Crippen molar-refractivity contribution in [1.82, 2.24) is 10.2 Å². The van der Waals surface area contributed by atoms with Crippen molar-refractivity contribution >= 4 is 15.9 Å². The molecule has 3 nitrogen and oxygen atoms in total. The molecule has 4 heteroatoms. The van der Waals surface area contributed by atoms with E-state index in [0.29, 0.717) is 0 Å². The molecular weight excluding hydrogens is 304 g/mol. The van der Waals surface area contributed by atoms with E-state index >= 15 is 0 Å². The molecule has 0 bridgehead atoms. The van der Waals surface area contributed by atoms with E-state index in [0.717, 1.165) is 29.2 Å². The molecule has 1 aliphatic rings. The Labute approximate surface area is 124 Å². The highest BCUT2D eigenvalue weighted by Gasteiger charge is 2.20. The van der Waals surface area contributed by atoms with Gasteiger partial charge in [-0.1, -0.05) is 22.9 Å². The summed E-state index contributed by atoms with van der Waals surface area (Å²) in [5, 5.41) is 3.56. The van der Waals surface area contributed by atoms with Gasteiger partial charge in [-0.15, -0.1) is 0 Å². The third kappa shape index (κ3) is 4.20. The van der Waals surface area contributed by atoms with Crippen molar-refractivity contribution < 1.29 is 4.74 Å². The first-order valence-electron chi connectivity index (χ1n) is 6.98. The zero-order valence-corrected chi connectivity index (χ0v) is 13.4. The highest BCUT2D eigenvalue weighted by molar-refractivity contribution is 9.10. The second-order valence-electron chi connectivity index (χ2n) is 5.13. The Balaban J connectivity index is 1.81. The lowest BCUT2D eigenvalue weighted by atomic mass is 10.1. The summed E-state index contributed by atoms with van der Waals surface area (Å²) in [5.41, 5.74) is 1.21. The van der Waals surface area contributed by atoms with Crippen LogP contribution in [0.4, 0.5) is 0 Å². The second kappa shape index (κ2) is 7.27. The van der Waals surface area contributed by atoms with Gasteiger partial charge >= 0.3 is 0 Å². The summed E-state index contributed by atoms with van der Waals surface area (Å²) in [7, 11) is 1.73. The average molecular weight is 327 g/mol. The topological polar surface area (TPSA) is 24.5 Å². The molecule has 1 N–H and O–H groups in total. The van der Waals surface area contributed by atoms with Gasteiger partial charge in [-0.2, -0.15) is 0 Å². The van der Waals surface area contributed by atoms with Crippen LogP contribution in [0, 0.1) is 5.92 Å². The molecule has 0 aromatic heterocycles. The number of nitrogens with zero attached hydrogens (tertiary/aromatic N) is 1. The molecule has 0 saturated carbocycles. The summed E-state index contributed by atoms with van der Waals surface area (Å²) in [4.78, 5) is 2.52. The number of ether oxygens (including phenoxy) is 1. The van der Waals surface area contributed by atoms with Gasteiger partial charge in [0.1, 0.15) is 5.75 Å². The van der Waals surface area contributed by atoms with E-state index in [1.807, 2.05) is 12.1 Å². The number of nitrogens with one attached hydrogen (secondary N) is 1. The molecule has 0 amide bonds. The molecule has 106 valence electrons. The smallest absolute Gasteiger partial charge is 0.123 e. The van der Waals surface area contributed by atoms with Crippen molar-refractivity contribution in [3.8, 4) is 5.75 Å². The lowest BCUT2D eigenvalue weighted by Crippen LogP contribution is -2.26. The monoisotopic (exact) mass is 326 g/mol. The quantitative estimate of drug-likeness (QED) is 0.869. The number of hydrogen-bond acceptors (Lipinski definition) is 3. The molecule has 2 rings (SSSR count). The second-order valence-corrected chi connectivity index (χ2v) is 6.05. The molecule has 1 atom stereocenters. The third-order valence-corrected chi connectivity index (χ3v) is 4.30. The lowest BCUT2D eigenvalue weighted by molar-refractivity contribution is 0.338. The predicted octanol–water partition coefficient (Wildman–Crippen LogP) is 2.89. The van der Waals surface area contributed by atoms with Crippen LogP contribution < -0.4 is 10.1 Å². The van der Waals surface area contributed by atoms with E-state index in [2.05, 4.69) is 39.1 Å². The molecule has 19 heavy (non-hydrogen) atoms. The van der Waals surface area contributed by atoms with Gasteiger partial charge in [0.2, 0.25) is 0 Å². The Morgan fingerprint density at radius 1 is 1.47 bits per heavy atom. The maximum absolute atomic E-state index is 5.39. The van der Waals surface area contributed by atoms with E-state index < -0.39 is 0 Å². The Kier molecular flexibility index (Phi) is 5.67. The zero-order chi connectivity index (χ0) is 13.7. The summed E-state index contributed by atoms with van der Waals surface area (Å²) >= 11 is 3.51. The highest BCUT2D eigenvalue weighted by atomic mass is 79.9. The number of likely N-dealkylation sites (tertiary alicyclic amines) is 1. The first-order chi connectivity index (χ1) is 9.22. The Morgan fingerprint density at radius 3 is 3.00 bits per heavy atom. The molecule has 1 heterocycles. The fourth-order valence-corrected chi connectivity index (χ4v) is 3.07. The minimum atomic E-state index is 0.790. The van der Waals surface area contributed by atoms with Crippen LogP contribution in [0.2, 0.25) is 0 Å². The number of rotatable bonds is 6. The predicted molar refractivity (Wildman–Crippen MR) is 82.6 cm³/mol. The molecule has 1 aromatic rings. The van der Waals surface area contributed by atoms with Crippen LogP contribution in [-0.4, -0.2) is 38.2 Å². The fourth-order valence-electron chi connectivity index (χ4n) is 2.66. The average Bonchev–Trinajstić information content (AvgIpc) is 2.87. The van der Waals surface area contributed by atoms with Gasteiger partial charge in [0.25, 0.3) is 0 Å². The fraction of sp³-hybridized carbons (Fsp3) is 0.600. The Hall–Kier alpha value is -0.580. The number of benzene rings is 1. The maximum Gasteiger partial charge on any atom is 0.123 e. The summed E-state index contributed by atoms with van der Waals surface area (Å²) in [6, 6.07) is 6.15. The van der Waals surface area contributed by atoms with Gasteiger partial charge in [0, 0.05) is 23.1 Å². The van der Waals surface area contributed by atoms with E-state index in [1.54, 1.807) is 7.11 Å². The molecule has 0 aliphatic carbocycles. The van der Waals surface area contributed by atoms with Crippen molar-refractivity contribution in [3.63, 3.8) is 0 Å². The number of halogens is 1. The van der Waals surface area contributed by atoms with Crippen molar-refractivity contribution in [2.75, 3.05) is 33.3 Å². The zero-order valence-electron chi connectivity index (χ0n) is 11.8. The van der Waals surface area contributed by atoms with Gasteiger partial charge < -0.3 is 15.0 Å². The molecule has 1 unspecified atom stereocenters. The van der Waals surface area contributed by atoms with Crippen LogP contribution in [0.1, 0.15) is 18.9 Å². The van der Waals surface area contributed by atoms with Gasteiger partial charge in [0.05, 0.1) is 7.11 Å². The van der Waals surface area contributed by atoms with E-state index in [4.69, 9.17) is 4.74 Å². The van der Waals surface area contributed by atoms with Crippen molar-refractivity contribution in [2.45, 2.75) is 19.9 Å². The van der Waals surface area contributed by atoms with Crippen molar-refractivity contribution in [1.29, 1.82) is 0 Å². The van der Waals surface area contributed by atoms with Crippen LogP contribution in [0.25, 0.3) is 0 Å². The standard InChI is InChI=1S/C15H23BrN2O/c1-3-18-7-6-12(11-18)9-17-10-13-8-14(16)4-5-15(13)19-2/h4-5,8,12,17H,3,6-7,9-11H2,1-2H3. The number of hydrogen-bond donors (Lipinski definition) is 1. The Morgan fingerprint density at radius 2 is 2.32 bits per heavy atom. The number of methoxy groups -OCH3 is 1. The lowest BCUT2D eigenvalue weighted by Gasteiger charge is -2.15. The van der Waals surface area contributed by atoms with Gasteiger partial charge in [-0.25, -0.2) is 0 Å². The SMILES string of the molecule is CCN1CCC(CNCc2cc(Br)ccc2OC)C1. The van der Waals surface area contributed by atoms with Crippen LogP contribution >= 0.6 is 15.9 Å². The molecule has 1 aromatic carbocycles. The molecule has 1 aliphatic heterocycles. The first-order valence-corrected chi connectivity index (χ1v) is 7.77. The van der Waals surface area contributed by atoms with E-state index in [1.165, 1.54) is 31.6 Å². The third-order valence-electron chi connectivity index (χ3n) is 3.81.